The molecular formula is C24H26BrNO5. The van der Waals surface area contributed by atoms with Crippen LogP contribution in [0.2, 0.25) is 0 Å². The van der Waals surface area contributed by atoms with Gasteiger partial charge < -0.3 is 9.47 Å². The van der Waals surface area contributed by atoms with Crippen LogP contribution in [0.1, 0.15) is 38.3 Å². The molecule has 2 amide bonds. The van der Waals surface area contributed by atoms with Gasteiger partial charge in [-0.2, -0.15) is 0 Å². The minimum atomic E-state index is -1.01. The fraction of sp³-hybridized carbons (Fsp3) is 0.375. The molecule has 6 nitrogen and oxygen atoms in total. The molecule has 0 radical (unpaired) electrons. The first kappa shape index (κ1) is 23.0. The summed E-state index contributed by atoms with van der Waals surface area (Å²) in [7, 11) is 0. The van der Waals surface area contributed by atoms with E-state index in [9.17, 15) is 14.4 Å². The van der Waals surface area contributed by atoms with E-state index in [0.717, 1.165) is 20.5 Å². The lowest BCUT2D eigenvalue weighted by Gasteiger charge is -2.26. The molecule has 164 valence electrons. The van der Waals surface area contributed by atoms with Gasteiger partial charge in [0.25, 0.3) is 0 Å². The molecule has 2 aromatic rings. The standard InChI is InChI=1S/C24H26BrNO5/c1-24(2,3)31-23(29)26-20(22(28)30-15-17-7-5-4-6-8-17)14-18(21(26)27)13-16-9-11-19(25)12-10-16/h4-12,18,20H,13-15H2,1-3H3/t18-,20+/m1/s1. The van der Waals surface area contributed by atoms with Crippen LogP contribution in [0.3, 0.4) is 0 Å². The third kappa shape index (κ3) is 6.17. The lowest BCUT2D eigenvalue weighted by Crippen LogP contribution is -2.46. The Morgan fingerprint density at radius 2 is 1.68 bits per heavy atom. The molecule has 0 aliphatic carbocycles. The molecule has 0 N–H and O–H groups in total. The summed E-state index contributed by atoms with van der Waals surface area (Å²) < 4.78 is 11.8. The highest BCUT2D eigenvalue weighted by Crippen LogP contribution is 2.31. The Kier molecular flexibility index (Phi) is 7.15. The van der Waals surface area contributed by atoms with E-state index in [0.29, 0.717) is 6.42 Å². The third-order valence-corrected chi connectivity index (χ3v) is 5.42. The topological polar surface area (TPSA) is 72.9 Å². The molecule has 1 saturated heterocycles. The first-order chi connectivity index (χ1) is 14.6. The second kappa shape index (κ2) is 9.64. The average molecular weight is 488 g/mol. The zero-order chi connectivity index (χ0) is 22.6. The predicted molar refractivity (Wildman–Crippen MR) is 119 cm³/mol. The van der Waals surface area contributed by atoms with Crippen LogP contribution >= 0.6 is 15.9 Å². The van der Waals surface area contributed by atoms with Crippen LogP contribution in [0.25, 0.3) is 0 Å². The molecule has 1 heterocycles. The van der Waals surface area contributed by atoms with Gasteiger partial charge in [-0.1, -0.05) is 58.4 Å². The highest BCUT2D eigenvalue weighted by Gasteiger charge is 2.48. The molecule has 0 aromatic heterocycles. The number of amides is 2. The number of benzene rings is 2. The highest BCUT2D eigenvalue weighted by atomic mass is 79.9. The molecule has 1 aliphatic rings. The smallest absolute Gasteiger partial charge is 0.417 e. The molecule has 2 aromatic carbocycles. The minimum Gasteiger partial charge on any atom is -0.459 e. The number of halogens is 1. The zero-order valence-electron chi connectivity index (χ0n) is 17.8. The Morgan fingerprint density at radius 3 is 2.29 bits per heavy atom. The predicted octanol–water partition coefficient (Wildman–Crippen LogP) is 4.89. The number of carbonyl (C=O) groups is 3. The van der Waals surface area contributed by atoms with E-state index >= 15 is 0 Å². The van der Waals surface area contributed by atoms with Crippen molar-refractivity contribution in [3.63, 3.8) is 0 Å². The van der Waals surface area contributed by atoms with Gasteiger partial charge in [0.05, 0.1) is 0 Å². The van der Waals surface area contributed by atoms with Crippen LogP contribution in [-0.2, 0) is 32.1 Å². The number of hydrogen-bond acceptors (Lipinski definition) is 5. The minimum absolute atomic E-state index is 0.0733. The summed E-state index contributed by atoms with van der Waals surface area (Å²) in [5.74, 6) is -1.54. The first-order valence-electron chi connectivity index (χ1n) is 10.1. The van der Waals surface area contributed by atoms with Crippen LogP contribution in [0, 0.1) is 5.92 Å². The molecule has 31 heavy (non-hydrogen) atoms. The maximum absolute atomic E-state index is 13.1. The number of hydrogen-bond donors (Lipinski definition) is 0. The summed E-state index contributed by atoms with van der Waals surface area (Å²) in [6, 6.07) is 15.9. The summed E-state index contributed by atoms with van der Waals surface area (Å²) in [4.78, 5) is 39.7. The third-order valence-electron chi connectivity index (χ3n) is 4.89. The van der Waals surface area contributed by atoms with Crippen LogP contribution in [-0.4, -0.2) is 34.5 Å². The summed E-state index contributed by atoms with van der Waals surface area (Å²) in [6.07, 6.45) is -0.201. The number of ether oxygens (including phenoxy) is 2. The molecule has 2 atom stereocenters. The zero-order valence-corrected chi connectivity index (χ0v) is 19.4. The van der Waals surface area contributed by atoms with E-state index in [4.69, 9.17) is 9.47 Å². The van der Waals surface area contributed by atoms with Crippen molar-refractivity contribution in [3.05, 3.63) is 70.2 Å². The number of rotatable bonds is 5. The van der Waals surface area contributed by atoms with Gasteiger partial charge in [0.2, 0.25) is 5.91 Å². The second-order valence-corrected chi connectivity index (χ2v) is 9.48. The van der Waals surface area contributed by atoms with Gasteiger partial charge >= 0.3 is 12.1 Å². The number of esters is 1. The molecule has 0 spiro atoms. The van der Waals surface area contributed by atoms with E-state index in [-0.39, 0.29) is 13.0 Å². The Hall–Kier alpha value is -2.67. The van der Waals surface area contributed by atoms with E-state index < -0.39 is 35.5 Å². The van der Waals surface area contributed by atoms with Crippen LogP contribution in [0.4, 0.5) is 4.79 Å². The highest BCUT2D eigenvalue weighted by molar-refractivity contribution is 9.10. The maximum atomic E-state index is 13.1. The van der Waals surface area contributed by atoms with Crippen molar-refractivity contribution in [2.24, 2.45) is 5.92 Å². The first-order valence-corrected chi connectivity index (χ1v) is 10.9. The number of likely N-dealkylation sites (tertiary alicyclic amines) is 1. The average Bonchev–Trinajstić information content (AvgIpc) is 3.04. The quantitative estimate of drug-likeness (QED) is 0.561. The Bertz CT molecular complexity index is 937. The van der Waals surface area contributed by atoms with Crippen molar-refractivity contribution in [1.29, 1.82) is 0 Å². The van der Waals surface area contributed by atoms with Crippen molar-refractivity contribution in [1.82, 2.24) is 4.90 Å². The second-order valence-electron chi connectivity index (χ2n) is 8.56. The molecular weight excluding hydrogens is 462 g/mol. The molecule has 7 heteroatoms. The fourth-order valence-corrected chi connectivity index (χ4v) is 3.72. The SMILES string of the molecule is CC(C)(C)OC(=O)N1C(=O)[C@H](Cc2ccc(Br)cc2)C[C@H]1C(=O)OCc1ccccc1. The number of nitrogens with zero attached hydrogens (tertiary/aromatic N) is 1. The Morgan fingerprint density at radius 1 is 1.03 bits per heavy atom. The van der Waals surface area contributed by atoms with Gasteiger partial charge in [-0.15, -0.1) is 0 Å². The molecule has 0 saturated carbocycles. The Labute approximate surface area is 190 Å². The van der Waals surface area contributed by atoms with Crippen LogP contribution < -0.4 is 0 Å². The van der Waals surface area contributed by atoms with Crippen molar-refractivity contribution >= 4 is 33.9 Å². The van der Waals surface area contributed by atoms with Crippen molar-refractivity contribution < 1.29 is 23.9 Å². The lowest BCUT2D eigenvalue weighted by atomic mass is 9.96. The van der Waals surface area contributed by atoms with Gasteiger partial charge in [-0.25, -0.2) is 14.5 Å². The molecule has 1 fully saturated rings. The Balaban J connectivity index is 1.77. The van der Waals surface area contributed by atoms with Crippen molar-refractivity contribution in [2.45, 2.75) is 51.9 Å². The summed E-state index contributed by atoms with van der Waals surface area (Å²) in [5, 5.41) is 0. The number of imide groups is 1. The molecule has 1 aliphatic heterocycles. The lowest BCUT2D eigenvalue weighted by molar-refractivity contribution is -0.152. The van der Waals surface area contributed by atoms with Crippen LogP contribution in [0.15, 0.2) is 59.1 Å². The largest absolute Gasteiger partial charge is 0.459 e. The summed E-state index contributed by atoms with van der Waals surface area (Å²) >= 11 is 3.39. The molecule has 0 unspecified atom stereocenters. The molecule has 3 rings (SSSR count). The van der Waals surface area contributed by atoms with E-state index in [2.05, 4.69) is 15.9 Å². The van der Waals surface area contributed by atoms with Gasteiger partial charge in [0, 0.05) is 10.4 Å². The van der Waals surface area contributed by atoms with Crippen molar-refractivity contribution in [2.75, 3.05) is 0 Å². The van der Waals surface area contributed by atoms with Gasteiger partial charge in [-0.05, 0) is 56.9 Å². The van der Waals surface area contributed by atoms with Gasteiger partial charge in [0.15, 0.2) is 0 Å². The van der Waals surface area contributed by atoms with Crippen LogP contribution in [0.5, 0.6) is 0 Å². The van der Waals surface area contributed by atoms with E-state index in [1.807, 2.05) is 54.6 Å². The van der Waals surface area contributed by atoms with E-state index in [1.54, 1.807) is 20.8 Å². The summed E-state index contributed by atoms with van der Waals surface area (Å²) in [5.41, 5.74) is 0.985. The van der Waals surface area contributed by atoms with Gasteiger partial charge in [0.1, 0.15) is 18.2 Å². The number of carbonyl (C=O) groups excluding carboxylic acids is 3. The summed E-state index contributed by atoms with van der Waals surface area (Å²) in [6.45, 7) is 5.22. The maximum Gasteiger partial charge on any atom is 0.417 e. The van der Waals surface area contributed by atoms with Gasteiger partial charge in [-0.3, -0.25) is 4.79 Å². The molecule has 0 bridgehead atoms. The van der Waals surface area contributed by atoms with Crippen molar-refractivity contribution in [3.8, 4) is 0 Å². The monoisotopic (exact) mass is 487 g/mol. The fourth-order valence-electron chi connectivity index (χ4n) is 3.46. The normalized spacial score (nSPS) is 18.7. The van der Waals surface area contributed by atoms with E-state index in [1.165, 1.54) is 0 Å².